The highest BCUT2D eigenvalue weighted by molar-refractivity contribution is 5.97. The number of amides is 3. The molecular formula is C22H26N6O2. The number of benzene rings is 2. The van der Waals surface area contributed by atoms with E-state index in [1.54, 1.807) is 10.7 Å². The molecule has 0 atom stereocenters. The molecule has 0 aliphatic carbocycles. The monoisotopic (exact) mass is 406 g/mol. The van der Waals surface area contributed by atoms with E-state index in [0.29, 0.717) is 24.2 Å². The molecule has 156 valence electrons. The Kier molecular flexibility index (Phi) is 5.65. The van der Waals surface area contributed by atoms with Crippen molar-refractivity contribution in [2.24, 2.45) is 0 Å². The number of anilines is 1. The van der Waals surface area contributed by atoms with Gasteiger partial charge in [-0.2, -0.15) is 0 Å². The van der Waals surface area contributed by atoms with Gasteiger partial charge in [-0.3, -0.25) is 4.79 Å². The Balaban J connectivity index is 1.34. The van der Waals surface area contributed by atoms with Gasteiger partial charge in [0.1, 0.15) is 5.52 Å². The number of carbonyl (C=O) groups excluding carboxylic acids is 2. The second-order valence-corrected chi connectivity index (χ2v) is 7.70. The molecule has 2 aromatic carbocycles. The van der Waals surface area contributed by atoms with Gasteiger partial charge in [0.15, 0.2) is 0 Å². The number of urea groups is 1. The molecule has 0 unspecified atom stereocenters. The van der Waals surface area contributed by atoms with Crippen molar-refractivity contribution in [3.8, 4) is 0 Å². The van der Waals surface area contributed by atoms with Gasteiger partial charge in [0.25, 0.3) is 5.91 Å². The van der Waals surface area contributed by atoms with Crippen LogP contribution in [0.15, 0.2) is 36.4 Å². The summed E-state index contributed by atoms with van der Waals surface area (Å²) in [4.78, 5) is 26.6. The van der Waals surface area contributed by atoms with Crippen LogP contribution in [0.2, 0.25) is 0 Å². The Labute approximate surface area is 175 Å². The molecule has 8 nitrogen and oxygen atoms in total. The van der Waals surface area contributed by atoms with E-state index >= 15 is 0 Å². The van der Waals surface area contributed by atoms with Crippen LogP contribution in [0.3, 0.4) is 0 Å². The largest absolute Gasteiger partial charge is 0.339 e. The molecule has 30 heavy (non-hydrogen) atoms. The van der Waals surface area contributed by atoms with Gasteiger partial charge in [0.05, 0.1) is 12.1 Å². The number of hydrogen-bond acceptors (Lipinski definition) is 4. The number of nitrogens with one attached hydrogen (secondary N) is 2. The summed E-state index contributed by atoms with van der Waals surface area (Å²) >= 11 is 0. The normalized spacial score (nSPS) is 13.6. The fraction of sp³-hybridized carbons (Fsp3) is 0.364. The second kappa shape index (κ2) is 8.52. The predicted octanol–water partition coefficient (Wildman–Crippen LogP) is 3.11. The van der Waals surface area contributed by atoms with Crippen LogP contribution in [0.5, 0.6) is 0 Å². The van der Waals surface area contributed by atoms with E-state index in [1.807, 2.05) is 49.1 Å². The Hall–Kier alpha value is -3.42. The molecule has 2 heterocycles. The van der Waals surface area contributed by atoms with Crippen LogP contribution in [0.4, 0.5) is 10.5 Å². The highest BCUT2D eigenvalue weighted by Crippen LogP contribution is 2.18. The molecular weight excluding hydrogens is 380 g/mol. The minimum absolute atomic E-state index is 0.0497. The summed E-state index contributed by atoms with van der Waals surface area (Å²) in [6.07, 6.45) is 2.13. The van der Waals surface area contributed by atoms with Gasteiger partial charge in [0.2, 0.25) is 0 Å². The Bertz CT molecular complexity index is 1080. The van der Waals surface area contributed by atoms with Crippen molar-refractivity contribution in [3.63, 3.8) is 0 Å². The van der Waals surface area contributed by atoms with Crippen LogP contribution in [-0.4, -0.2) is 51.5 Å². The minimum Gasteiger partial charge on any atom is -0.339 e. The SMILES string of the molecule is Cc1ccc(NC(=O)NCCn2nnc3cc(C(=O)N4CCCC4)ccc32)cc1C. The molecule has 0 bridgehead atoms. The zero-order valence-electron chi connectivity index (χ0n) is 17.3. The number of rotatable bonds is 5. The zero-order valence-corrected chi connectivity index (χ0v) is 17.3. The molecule has 1 aliphatic rings. The summed E-state index contributed by atoms with van der Waals surface area (Å²) in [5, 5.41) is 14.0. The molecule has 0 saturated carbocycles. The third-order valence-electron chi connectivity index (χ3n) is 5.53. The summed E-state index contributed by atoms with van der Waals surface area (Å²) in [5.74, 6) is 0.0497. The summed E-state index contributed by atoms with van der Waals surface area (Å²) in [6.45, 7) is 6.57. The molecule has 4 rings (SSSR count). The van der Waals surface area contributed by atoms with Crippen molar-refractivity contribution in [1.82, 2.24) is 25.2 Å². The standard InChI is InChI=1S/C22H26N6O2/c1-15-5-7-18(13-16(15)2)24-22(30)23-9-12-28-20-8-6-17(14-19(20)25-26-28)21(29)27-10-3-4-11-27/h5-8,13-14H,3-4,9-12H2,1-2H3,(H2,23,24,30). The van der Waals surface area contributed by atoms with Crippen LogP contribution in [0.1, 0.15) is 34.3 Å². The van der Waals surface area contributed by atoms with Crippen molar-refractivity contribution in [1.29, 1.82) is 0 Å². The minimum atomic E-state index is -0.263. The molecule has 1 aromatic heterocycles. The van der Waals surface area contributed by atoms with Gasteiger partial charge in [-0.1, -0.05) is 11.3 Å². The maximum atomic E-state index is 12.6. The van der Waals surface area contributed by atoms with Gasteiger partial charge >= 0.3 is 6.03 Å². The first-order valence-corrected chi connectivity index (χ1v) is 10.3. The first-order chi connectivity index (χ1) is 14.5. The number of likely N-dealkylation sites (tertiary alicyclic amines) is 1. The summed E-state index contributed by atoms with van der Waals surface area (Å²) in [5.41, 5.74) is 5.23. The van der Waals surface area contributed by atoms with Crippen LogP contribution in [0, 0.1) is 13.8 Å². The molecule has 1 aliphatic heterocycles. The average molecular weight is 406 g/mol. The van der Waals surface area contributed by atoms with Crippen molar-refractivity contribution in [3.05, 3.63) is 53.1 Å². The van der Waals surface area contributed by atoms with Crippen LogP contribution < -0.4 is 10.6 Å². The number of aryl methyl sites for hydroxylation is 2. The highest BCUT2D eigenvalue weighted by Gasteiger charge is 2.20. The van der Waals surface area contributed by atoms with Gasteiger partial charge < -0.3 is 15.5 Å². The van der Waals surface area contributed by atoms with E-state index in [1.165, 1.54) is 5.56 Å². The van der Waals surface area contributed by atoms with E-state index in [9.17, 15) is 9.59 Å². The van der Waals surface area contributed by atoms with Gasteiger partial charge in [-0.25, -0.2) is 9.48 Å². The topological polar surface area (TPSA) is 92.1 Å². The summed E-state index contributed by atoms with van der Waals surface area (Å²) < 4.78 is 1.73. The number of hydrogen-bond donors (Lipinski definition) is 2. The van der Waals surface area contributed by atoms with Gasteiger partial charge in [-0.15, -0.1) is 5.10 Å². The molecule has 1 fully saturated rings. The Morgan fingerprint density at radius 3 is 2.60 bits per heavy atom. The lowest BCUT2D eigenvalue weighted by molar-refractivity contribution is 0.0793. The summed E-state index contributed by atoms with van der Waals surface area (Å²) in [7, 11) is 0. The number of aromatic nitrogens is 3. The van der Waals surface area contributed by atoms with Crippen LogP contribution in [0.25, 0.3) is 11.0 Å². The first-order valence-electron chi connectivity index (χ1n) is 10.3. The molecule has 1 saturated heterocycles. The lowest BCUT2D eigenvalue weighted by Crippen LogP contribution is -2.31. The lowest BCUT2D eigenvalue weighted by Gasteiger charge is -2.14. The average Bonchev–Trinajstić information content (AvgIpc) is 3.40. The third kappa shape index (κ3) is 4.27. The molecule has 3 amide bonds. The van der Waals surface area contributed by atoms with E-state index in [-0.39, 0.29) is 11.9 Å². The van der Waals surface area contributed by atoms with Crippen LogP contribution >= 0.6 is 0 Å². The van der Waals surface area contributed by atoms with Crippen molar-refractivity contribution >= 4 is 28.7 Å². The zero-order chi connectivity index (χ0) is 21.1. The molecule has 0 spiro atoms. The van der Waals surface area contributed by atoms with Gasteiger partial charge in [-0.05, 0) is 68.1 Å². The van der Waals surface area contributed by atoms with Crippen molar-refractivity contribution < 1.29 is 9.59 Å². The molecule has 0 radical (unpaired) electrons. The molecule has 8 heteroatoms. The fourth-order valence-corrected chi connectivity index (χ4v) is 3.64. The number of nitrogens with zero attached hydrogens (tertiary/aromatic N) is 4. The van der Waals surface area contributed by atoms with Crippen molar-refractivity contribution in [2.45, 2.75) is 33.2 Å². The van der Waals surface area contributed by atoms with E-state index in [2.05, 4.69) is 20.9 Å². The maximum absolute atomic E-state index is 12.6. The first kappa shape index (κ1) is 19.9. The number of carbonyl (C=O) groups is 2. The number of fused-ring (bicyclic) bond motifs is 1. The molecule has 2 N–H and O–H groups in total. The third-order valence-corrected chi connectivity index (χ3v) is 5.53. The van der Waals surface area contributed by atoms with Gasteiger partial charge in [0, 0.05) is 30.9 Å². The predicted molar refractivity (Wildman–Crippen MR) is 116 cm³/mol. The van der Waals surface area contributed by atoms with E-state index < -0.39 is 0 Å². The van der Waals surface area contributed by atoms with Crippen LogP contribution in [-0.2, 0) is 6.54 Å². The summed E-state index contributed by atoms with van der Waals surface area (Å²) in [6, 6.07) is 11.0. The Morgan fingerprint density at radius 2 is 1.83 bits per heavy atom. The van der Waals surface area contributed by atoms with Crippen molar-refractivity contribution in [2.75, 3.05) is 25.0 Å². The molecule has 3 aromatic rings. The van der Waals surface area contributed by atoms with E-state index in [4.69, 9.17) is 0 Å². The maximum Gasteiger partial charge on any atom is 0.319 e. The highest BCUT2D eigenvalue weighted by atomic mass is 16.2. The van der Waals surface area contributed by atoms with E-state index in [0.717, 1.165) is 42.7 Å². The quantitative estimate of drug-likeness (QED) is 0.681. The smallest absolute Gasteiger partial charge is 0.319 e. The second-order valence-electron chi connectivity index (χ2n) is 7.70. The fourth-order valence-electron chi connectivity index (χ4n) is 3.64. The Morgan fingerprint density at radius 1 is 1.03 bits per heavy atom. The lowest BCUT2D eigenvalue weighted by atomic mass is 10.1.